The van der Waals surface area contributed by atoms with Crippen LogP contribution in [-0.2, 0) is 35.7 Å². The van der Waals surface area contributed by atoms with Gasteiger partial charge >= 0.3 is 47.3 Å². The Kier molecular flexibility index (Phi) is 22.9. The summed E-state index contributed by atoms with van der Waals surface area (Å²) < 4.78 is 0. The predicted molar refractivity (Wildman–Crippen MR) is 138 cm³/mol. The number of Topliss-reactive ketones (excluding diaryl/α,β-unsaturated/α-hetero) is 2. The number of aliphatic carboxylic acids is 2. The van der Waals surface area contributed by atoms with Gasteiger partial charge in [-0.15, -0.1) is 0 Å². The summed E-state index contributed by atoms with van der Waals surface area (Å²) in [4.78, 5) is 42.4. The van der Waals surface area contributed by atoms with Crippen LogP contribution in [0, 0.1) is 16.2 Å². The third-order valence-electron chi connectivity index (χ3n) is 5.59. The first-order valence-electron chi connectivity index (χ1n) is 11.6. The van der Waals surface area contributed by atoms with E-state index >= 15 is 0 Å². The van der Waals surface area contributed by atoms with Gasteiger partial charge in [0.05, 0.1) is 12.8 Å². The molecule has 0 radical (unpaired) electrons. The van der Waals surface area contributed by atoms with E-state index in [0.717, 1.165) is 13.1 Å². The zero-order chi connectivity index (χ0) is 28.3. The van der Waals surface area contributed by atoms with E-state index in [4.69, 9.17) is 40.5 Å². The molecular formula is C24H46Cl2N2O6Pt+2. The van der Waals surface area contributed by atoms with Gasteiger partial charge in [0.25, 0.3) is 0 Å². The van der Waals surface area contributed by atoms with E-state index in [0.29, 0.717) is 5.41 Å². The molecule has 0 amide bonds. The van der Waals surface area contributed by atoms with Gasteiger partial charge in [0.15, 0.2) is 0 Å². The molecule has 8 nitrogen and oxygen atoms in total. The Morgan fingerprint density at radius 2 is 1.00 bits per heavy atom. The molecule has 0 saturated heterocycles. The predicted octanol–water partition coefficient (Wildman–Crippen LogP) is 5.16. The molecule has 1 saturated carbocycles. The minimum absolute atomic E-state index is 0.0000926. The third kappa shape index (κ3) is 23.6. The molecule has 1 aliphatic carbocycles. The summed E-state index contributed by atoms with van der Waals surface area (Å²) in [6.07, 6.45) is 6.69. The number of nitrogens with two attached hydrogens (primary N) is 2. The average Bonchev–Trinajstić information content (AvgIpc) is 2.76. The molecule has 1 fully saturated rings. The third-order valence-corrected chi connectivity index (χ3v) is 5.59. The van der Waals surface area contributed by atoms with Gasteiger partial charge < -0.3 is 21.7 Å². The molecule has 0 aromatic heterocycles. The van der Waals surface area contributed by atoms with Gasteiger partial charge in [-0.05, 0) is 31.3 Å². The molecule has 0 bridgehead atoms. The van der Waals surface area contributed by atoms with E-state index in [1.54, 1.807) is 41.5 Å². The number of halogens is 2. The van der Waals surface area contributed by atoms with Crippen LogP contribution in [0.15, 0.2) is 0 Å². The van der Waals surface area contributed by atoms with E-state index in [1.165, 1.54) is 32.1 Å². The van der Waals surface area contributed by atoms with Crippen LogP contribution in [0.3, 0.4) is 0 Å². The first-order chi connectivity index (χ1) is 15.9. The second kappa shape index (κ2) is 20.5. The maximum atomic E-state index is 11.1. The van der Waals surface area contributed by atoms with Crippen LogP contribution in [-0.4, -0.2) is 46.8 Å². The van der Waals surface area contributed by atoms with Crippen molar-refractivity contribution in [3.8, 4) is 0 Å². The monoisotopic (exact) mass is 723 g/mol. The average molecular weight is 725 g/mol. The van der Waals surface area contributed by atoms with E-state index in [1.807, 2.05) is 0 Å². The quantitative estimate of drug-likeness (QED) is 0.267. The Hall–Kier alpha value is -0.532. The number of carbonyl (C=O) groups is 4. The summed E-state index contributed by atoms with van der Waals surface area (Å²) in [5.41, 5.74) is 10.8. The van der Waals surface area contributed by atoms with Crippen LogP contribution in [0.4, 0.5) is 0 Å². The van der Waals surface area contributed by atoms with Gasteiger partial charge in [0, 0.05) is 23.7 Å². The van der Waals surface area contributed by atoms with Gasteiger partial charge in [0.2, 0.25) is 0 Å². The number of hydrogen-bond donors (Lipinski definition) is 4. The van der Waals surface area contributed by atoms with Crippen LogP contribution in [0.25, 0.3) is 0 Å². The summed E-state index contributed by atoms with van der Waals surface area (Å²) in [7, 11) is 9.75. The Balaban J connectivity index is -0.000000415. The van der Waals surface area contributed by atoms with Gasteiger partial charge in [-0.3, -0.25) is 19.2 Å². The summed E-state index contributed by atoms with van der Waals surface area (Å²) in [5, 5.41) is 16.6. The summed E-state index contributed by atoms with van der Waals surface area (Å²) in [5.74, 6) is -1.83. The second-order valence-corrected chi connectivity index (χ2v) is 13.9. The molecule has 11 heteroatoms. The second-order valence-electron chi connectivity index (χ2n) is 10.6. The van der Waals surface area contributed by atoms with E-state index in [9.17, 15) is 19.2 Å². The van der Waals surface area contributed by atoms with Crippen molar-refractivity contribution in [1.82, 2.24) is 0 Å². The van der Waals surface area contributed by atoms with Crippen molar-refractivity contribution >= 4 is 42.3 Å². The standard InChI is InChI=1S/C8H18N2.2C8H14O3.2ClH.Pt/c9-6-8(7-10)4-2-1-3-5-8;2*1-8(2,3)6(9)4-5-7(10)11;;;/h1-7,9-10H2;2*4-5H2,1-3H3,(H,10,11);2*1H;/q;;;;;+4/p-2. The fourth-order valence-electron chi connectivity index (χ4n) is 2.98. The zero-order valence-electron chi connectivity index (χ0n) is 22.0. The van der Waals surface area contributed by atoms with Crippen LogP contribution < -0.4 is 11.5 Å². The fourth-order valence-corrected chi connectivity index (χ4v) is 2.98. The van der Waals surface area contributed by atoms with E-state index in [-0.39, 0.29) is 37.2 Å². The van der Waals surface area contributed by atoms with E-state index < -0.39 is 39.2 Å². The first kappa shape index (κ1) is 39.0. The molecule has 35 heavy (non-hydrogen) atoms. The molecule has 0 aromatic rings. The fraction of sp³-hybridized carbons (Fsp3) is 0.833. The normalized spacial score (nSPS) is 14.7. The van der Waals surface area contributed by atoms with Crippen molar-refractivity contribution in [3.63, 3.8) is 0 Å². The Morgan fingerprint density at radius 3 is 1.17 bits per heavy atom. The van der Waals surface area contributed by atoms with Gasteiger partial charge in [-0.1, -0.05) is 60.8 Å². The molecule has 0 spiro atoms. The molecule has 1 rings (SSSR count). The molecule has 0 heterocycles. The van der Waals surface area contributed by atoms with Crippen LogP contribution >= 0.6 is 18.8 Å². The van der Waals surface area contributed by atoms with Crippen molar-refractivity contribution in [1.29, 1.82) is 0 Å². The minimum atomic E-state index is -0.914. The molecule has 210 valence electrons. The van der Waals surface area contributed by atoms with Crippen molar-refractivity contribution in [2.24, 2.45) is 27.7 Å². The molecular weight excluding hydrogens is 678 g/mol. The summed E-state index contributed by atoms with van der Waals surface area (Å²) in [6, 6.07) is 0. The zero-order valence-corrected chi connectivity index (χ0v) is 25.8. The van der Waals surface area contributed by atoms with Gasteiger partial charge in [-0.2, -0.15) is 0 Å². The van der Waals surface area contributed by atoms with Crippen molar-refractivity contribution in [2.45, 2.75) is 99.3 Å². The van der Waals surface area contributed by atoms with Gasteiger partial charge in [-0.25, -0.2) is 0 Å². The van der Waals surface area contributed by atoms with Gasteiger partial charge in [0.1, 0.15) is 11.6 Å². The van der Waals surface area contributed by atoms with Crippen LogP contribution in [0.1, 0.15) is 99.3 Å². The van der Waals surface area contributed by atoms with Crippen molar-refractivity contribution in [2.75, 3.05) is 13.1 Å². The SMILES string of the molecule is CC(C)(C)C(=O)CCC(=O)O.CC(C)(C)C(=O)CCC(=O)O.NCC1(CN)CCCCC1.[Cl][Pt+2][Cl]. The number of hydrogen-bond acceptors (Lipinski definition) is 6. The number of ketones is 2. The number of rotatable bonds is 8. The maximum absolute atomic E-state index is 11.1. The molecule has 0 aliphatic heterocycles. The molecule has 1 aliphatic rings. The Morgan fingerprint density at radius 1 is 0.714 bits per heavy atom. The number of carboxylic acid groups (broad SMARTS) is 2. The molecule has 0 atom stereocenters. The first-order valence-corrected chi connectivity index (χ1v) is 17.3. The van der Waals surface area contributed by atoms with Crippen molar-refractivity contribution in [3.05, 3.63) is 0 Å². The molecule has 6 N–H and O–H groups in total. The van der Waals surface area contributed by atoms with Crippen molar-refractivity contribution < 1.29 is 45.9 Å². The Labute approximate surface area is 227 Å². The summed E-state index contributed by atoms with van der Waals surface area (Å²) in [6.45, 7) is 12.3. The van der Waals surface area contributed by atoms with E-state index in [2.05, 4.69) is 0 Å². The van der Waals surface area contributed by atoms with Crippen LogP contribution in [0.5, 0.6) is 0 Å². The molecule has 0 unspecified atom stereocenters. The number of carbonyl (C=O) groups excluding carboxylic acids is 2. The number of carboxylic acids is 2. The van der Waals surface area contributed by atoms with Crippen LogP contribution in [0.2, 0.25) is 0 Å². The Bertz CT molecular complexity index is 582. The molecule has 0 aromatic carbocycles. The topological polar surface area (TPSA) is 161 Å². The summed E-state index contributed by atoms with van der Waals surface area (Å²) >= 11 is -0.472.